The summed E-state index contributed by atoms with van der Waals surface area (Å²) in [5.74, 6) is 1.08. The van der Waals surface area contributed by atoms with Crippen molar-refractivity contribution in [2.24, 2.45) is 0 Å². The minimum Gasteiger partial charge on any atom is -0.371 e. The number of anilines is 2. The fourth-order valence-electron chi connectivity index (χ4n) is 4.33. The Kier molecular flexibility index (Phi) is 6.16. The summed E-state index contributed by atoms with van der Waals surface area (Å²) in [7, 11) is 0. The van der Waals surface area contributed by atoms with E-state index < -0.39 is 0 Å². The number of amides is 2. The number of nitrogens with one attached hydrogen (secondary N) is 1. The molecule has 3 heterocycles. The zero-order valence-corrected chi connectivity index (χ0v) is 17.5. The number of nitrogens with zero attached hydrogens (tertiary/aromatic N) is 4. The molecular weight excluding hydrogens is 378 g/mol. The fraction of sp³-hybridized carbons (Fsp3) is 0.435. The third kappa shape index (κ3) is 4.56. The Morgan fingerprint density at radius 2 is 1.60 bits per heavy atom. The molecule has 2 fully saturated rings. The van der Waals surface area contributed by atoms with Gasteiger partial charge in [-0.1, -0.05) is 18.2 Å². The minimum atomic E-state index is 0.0221. The van der Waals surface area contributed by atoms with Crippen LogP contribution in [0.3, 0.4) is 0 Å². The van der Waals surface area contributed by atoms with Crippen molar-refractivity contribution in [3.63, 3.8) is 0 Å². The number of piperazine rings is 1. The van der Waals surface area contributed by atoms with Crippen molar-refractivity contribution in [3.8, 4) is 0 Å². The number of hydrogen-bond acceptors (Lipinski definition) is 5. The first-order valence-electron chi connectivity index (χ1n) is 10.7. The van der Waals surface area contributed by atoms with Gasteiger partial charge in [0.05, 0.1) is 5.56 Å². The van der Waals surface area contributed by atoms with Crippen LogP contribution in [0.4, 0.5) is 11.5 Å². The molecule has 2 aliphatic rings. The second kappa shape index (κ2) is 9.15. The molecule has 7 heteroatoms. The van der Waals surface area contributed by atoms with Crippen LogP contribution in [0.25, 0.3) is 0 Å². The lowest BCUT2D eigenvalue weighted by Crippen LogP contribution is -2.49. The molecule has 30 heavy (non-hydrogen) atoms. The van der Waals surface area contributed by atoms with Crippen LogP contribution in [0, 0.1) is 0 Å². The number of piperidine rings is 1. The predicted octanol–water partition coefficient (Wildman–Crippen LogP) is 2.15. The molecule has 2 saturated heterocycles. The highest BCUT2D eigenvalue weighted by molar-refractivity contribution is 6.00. The number of pyridine rings is 1. The van der Waals surface area contributed by atoms with Gasteiger partial charge in [-0.3, -0.25) is 9.59 Å². The minimum absolute atomic E-state index is 0.0221. The van der Waals surface area contributed by atoms with E-state index in [9.17, 15) is 9.59 Å². The third-order valence-corrected chi connectivity index (χ3v) is 5.92. The van der Waals surface area contributed by atoms with Crippen LogP contribution in [0.15, 0.2) is 48.7 Å². The number of hydrogen-bond donors (Lipinski definition) is 1. The Labute approximate surface area is 177 Å². The van der Waals surface area contributed by atoms with Crippen molar-refractivity contribution in [3.05, 3.63) is 54.2 Å². The molecule has 0 radical (unpaired) electrons. The Balaban J connectivity index is 1.40. The zero-order valence-electron chi connectivity index (χ0n) is 17.5. The van der Waals surface area contributed by atoms with Crippen molar-refractivity contribution in [2.75, 3.05) is 49.1 Å². The number of para-hydroxylation sites is 1. The quantitative estimate of drug-likeness (QED) is 0.841. The lowest BCUT2D eigenvalue weighted by molar-refractivity contribution is -0.119. The van der Waals surface area contributed by atoms with Crippen LogP contribution in [0.5, 0.6) is 0 Å². The standard InChI is InChI=1S/C23H29N5O2/c1-18(29)25-19-9-12-26(13-10-19)21-7-3-2-6-20(21)23(30)28-16-14-27(15-17-28)22-8-4-5-11-24-22/h2-8,11,19H,9-10,12-17H2,1H3,(H,25,29). The van der Waals surface area contributed by atoms with Gasteiger partial charge >= 0.3 is 0 Å². The van der Waals surface area contributed by atoms with E-state index in [0.29, 0.717) is 13.1 Å². The molecule has 158 valence electrons. The van der Waals surface area contributed by atoms with Crippen molar-refractivity contribution in [1.29, 1.82) is 0 Å². The molecule has 0 aliphatic carbocycles. The molecule has 0 atom stereocenters. The van der Waals surface area contributed by atoms with E-state index in [1.807, 2.05) is 47.4 Å². The number of carbonyl (C=O) groups excluding carboxylic acids is 2. The van der Waals surface area contributed by atoms with Gasteiger partial charge in [-0.25, -0.2) is 4.98 Å². The third-order valence-electron chi connectivity index (χ3n) is 5.92. The van der Waals surface area contributed by atoms with E-state index in [2.05, 4.69) is 20.1 Å². The van der Waals surface area contributed by atoms with Crippen LogP contribution in [0.2, 0.25) is 0 Å². The normalized spacial score (nSPS) is 17.7. The molecule has 2 aliphatic heterocycles. The smallest absolute Gasteiger partial charge is 0.256 e. The Morgan fingerprint density at radius 1 is 0.900 bits per heavy atom. The monoisotopic (exact) mass is 407 g/mol. The number of aromatic nitrogens is 1. The topological polar surface area (TPSA) is 68.8 Å². The Morgan fingerprint density at radius 3 is 2.27 bits per heavy atom. The molecular formula is C23H29N5O2. The Hall–Kier alpha value is -3.09. The maximum Gasteiger partial charge on any atom is 0.256 e. The van der Waals surface area contributed by atoms with Gasteiger partial charge in [0, 0.05) is 64.1 Å². The number of rotatable bonds is 4. The first-order valence-corrected chi connectivity index (χ1v) is 10.7. The molecule has 7 nitrogen and oxygen atoms in total. The van der Waals surface area contributed by atoms with Gasteiger partial charge in [0.15, 0.2) is 0 Å². The summed E-state index contributed by atoms with van der Waals surface area (Å²) >= 11 is 0. The summed E-state index contributed by atoms with van der Waals surface area (Å²) in [5, 5.41) is 3.01. The van der Waals surface area contributed by atoms with Gasteiger partial charge in [0.25, 0.3) is 5.91 Å². The SMILES string of the molecule is CC(=O)NC1CCN(c2ccccc2C(=O)N2CCN(c3ccccn3)CC2)CC1. The van der Waals surface area contributed by atoms with Gasteiger partial charge in [-0.15, -0.1) is 0 Å². The molecule has 2 amide bonds. The molecule has 2 aromatic rings. The average Bonchev–Trinajstić information content (AvgIpc) is 2.79. The van der Waals surface area contributed by atoms with Gasteiger partial charge < -0.3 is 20.0 Å². The molecule has 0 bridgehead atoms. The highest BCUT2D eigenvalue weighted by Gasteiger charge is 2.27. The van der Waals surface area contributed by atoms with E-state index in [0.717, 1.165) is 56.1 Å². The van der Waals surface area contributed by atoms with Gasteiger partial charge in [0.2, 0.25) is 5.91 Å². The number of benzene rings is 1. The highest BCUT2D eigenvalue weighted by Crippen LogP contribution is 2.26. The van der Waals surface area contributed by atoms with Crippen LogP contribution in [0.1, 0.15) is 30.1 Å². The predicted molar refractivity (Wildman–Crippen MR) is 118 cm³/mol. The average molecular weight is 408 g/mol. The van der Waals surface area contributed by atoms with Gasteiger partial charge in [-0.2, -0.15) is 0 Å². The number of carbonyl (C=O) groups is 2. The summed E-state index contributed by atoms with van der Waals surface area (Å²) in [6, 6.07) is 14.0. The van der Waals surface area contributed by atoms with E-state index >= 15 is 0 Å². The van der Waals surface area contributed by atoms with Crippen molar-refractivity contribution in [1.82, 2.24) is 15.2 Å². The molecule has 0 unspecified atom stereocenters. The summed E-state index contributed by atoms with van der Waals surface area (Å²) < 4.78 is 0. The summed E-state index contributed by atoms with van der Waals surface area (Å²) in [5.41, 5.74) is 1.76. The van der Waals surface area contributed by atoms with Gasteiger partial charge in [-0.05, 0) is 37.1 Å². The largest absolute Gasteiger partial charge is 0.371 e. The van der Waals surface area contributed by atoms with E-state index in [1.165, 1.54) is 0 Å². The lowest BCUT2D eigenvalue weighted by Gasteiger charge is -2.37. The maximum absolute atomic E-state index is 13.3. The second-order valence-electron chi connectivity index (χ2n) is 7.95. The lowest BCUT2D eigenvalue weighted by atomic mass is 10.0. The molecule has 4 rings (SSSR count). The Bertz CT molecular complexity index is 872. The first-order chi connectivity index (χ1) is 14.6. The van der Waals surface area contributed by atoms with Crippen LogP contribution in [-0.4, -0.2) is 67.0 Å². The summed E-state index contributed by atoms with van der Waals surface area (Å²) in [6.45, 7) is 6.18. The van der Waals surface area contributed by atoms with Crippen LogP contribution >= 0.6 is 0 Å². The van der Waals surface area contributed by atoms with E-state index in [-0.39, 0.29) is 17.9 Å². The molecule has 0 saturated carbocycles. The molecule has 1 aromatic carbocycles. The van der Waals surface area contributed by atoms with Crippen LogP contribution < -0.4 is 15.1 Å². The van der Waals surface area contributed by atoms with Crippen molar-refractivity contribution >= 4 is 23.3 Å². The van der Waals surface area contributed by atoms with E-state index in [4.69, 9.17) is 0 Å². The fourth-order valence-corrected chi connectivity index (χ4v) is 4.33. The first kappa shape index (κ1) is 20.2. The van der Waals surface area contributed by atoms with E-state index in [1.54, 1.807) is 13.1 Å². The summed E-state index contributed by atoms with van der Waals surface area (Å²) in [6.07, 6.45) is 3.59. The second-order valence-corrected chi connectivity index (χ2v) is 7.95. The van der Waals surface area contributed by atoms with Crippen LogP contribution in [-0.2, 0) is 4.79 Å². The highest BCUT2D eigenvalue weighted by atomic mass is 16.2. The zero-order chi connectivity index (χ0) is 20.9. The van der Waals surface area contributed by atoms with Gasteiger partial charge in [0.1, 0.15) is 5.82 Å². The molecule has 1 N–H and O–H groups in total. The maximum atomic E-state index is 13.3. The summed E-state index contributed by atoms with van der Waals surface area (Å²) in [4.78, 5) is 35.5. The van der Waals surface area contributed by atoms with Crippen molar-refractivity contribution in [2.45, 2.75) is 25.8 Å². The molecule has 1 aromatic heterocycles. The van der Waals surface area contributed by atoms with Crippen molar-refractivity contribution < 1.29 is 9.59 Å². The molecule has 0 spiro atoms.